The molecule has 0 unspecified atom stereocenters. The van der Waals surface area contributed by atoms with Crippen LogP contribution >= 0.6 is 0 Å². The maximum Gasteiger partial charge on any atom is 0.416 e. The number of hydrogen-bond acceptors (Lipinski definition) is 7. The van der Waals surface area contributed by atoms with E-state index in [-0.39, 0.29) is 30.3 Å². The van der Waals surface area contributed by atoms with E-state index in [1.807, 2.05) is 6.92 Å². The van der Waals surface area contributed by atoms with E-state index in [1.165, 1.54) is 23.7 Å². The van der Waals surface area contributed by atoms with Crippen LogP contribution in [0.4, 0.5) is 10.7 Å². The average Bonchev–Trinajstić information content (AvgIpc) is 2.82. The minimum atomic E-state index is -0.740. The first-order chi connectivity index (χ1) is 15.8. The Morgan fingerprint density at radius 3 is 2.64 bits per heavy atom. The Kier molecular flexibility index (Phi) is 7.27. The maximum atomic E-state index is 13.4. The second-order valence-electron chi connectivity index (χ2n) is 7.61. The molecule has 33 heavy (non-hydrogen) atoms. The molecule has 2 aromatic rings. The van der Waals surface area contributed by atoms with Crippen molar-refractivity contribution in [1.29, 1.82) is 0 Å². The summed E-state index contributed by atoms with van der Waals surface area (Å²) in [6.07, 6.45) is 2.06. The molecule has 1 aliphatic rings. The van der Waals surface area contributed by atoms with Crippen molar-refractivity contribution in [3.05, 3.63) is 64.1 Å². The second kappa shape index (κ2) is 10.1. The molecule has 2 heterocycles. The van der Waals surface area contributed by atoms with Crippen molar-refractivity contribution in [3.63, 3.8) is 0 Å². The summed E-state index contributed by atoms with van der Waals surface area (Å²) in [6, 6.07) is 6.18. The first kappa shape index (κ1) is 23.7. The normalized spacial score (nSPS) is 14.8. The molecule has 10 nitrogen and oxygen atoms in total. The summed E-state index contributed by atoms with van der Waals surface area (Å²) in [6.45, 7) is 8.02. The van der Waals surface area contributed by atoms with E-state index in [2.05, 4.69) is 16.9 Å². The molecule has 0 fully saturated rings. The van der Waals surface area contributed by atoms with Crippen LogP contribution in [-0.4, -0.2) is 64.0 Å². The Labute approximate surface area is 191 Å². The van der Waals surface area contributed by atoms with Crippen molar-refractivity contribution in [2.45, 2.75) is 32.9 Å². The summed E-state index contributed by atoms with van der Waals surface area (Å²) >= 11 is 0. The Bertz CT molecular complexity index is 1130. The van der Waals surface area contributed by atoms with Crippen LogP contribution in [0.3, 0.4) is 0 Å². The Morgan fingerprint density at radius 2 is 2.03 bits per heavy atom. The van der Waals surface area contributed by atoms with Crippen LogP contribution < -0.4 is 10.9 Å². The molecule has 0 saturated heterocycles. The molecule has 0 bridgehead atoms. The fourth-order valence-electron chi connectivity index (χ4n) is 3.59. The fraction of sp³-hybridized carbons (Fsp3) is 0.348. The van der Waals surface area contributed by atoms with Gasteiger partial charge in [-0.25, -0.2) is 19.2 Å². The average molecular weight is 453 g/mol. The number of imide groups is 1. The van der Waals surface area contributed by atoms with Gasteiger partial charge in [-0.3, -0.25) is 14.4 Å². The smallest absolute Gasteiger partial charge is 0.416 e. The first-order valence-electron chi connectivity index (χ1n) is 10.6. The van der Waals surface area contributed by atoms with Gasteiger partial charge in [0.25, 0.3) is 11.5 Å². The number of ether oxygens (including phenoxy) is 1. The summed E-state index contributed by atoms with van der Waals surface area (Å²) in [7, 11) is 1.34. The van der Waals surface area contributed by atoms with Crippen LogP contribution in [0.25, 0.3) is 5.69 Å². The van der Waals surface area contributed by atoms with Crippen LogP contribution in [0.5, 0.6) is 0 Å². The lowest BCUT2D eigenvalue weighted by molar-refractivity contribution is -0.120. The third-order valence-corrected chi connectivity index (χ3v) is 5.42. The SMILES string of the molecule is C=CCNc1nc2c(c(=O)n1-c1ccc(C(=O)N(C)C(=O)OCC)cc1)C[C@@H](C)N(C=O)C2. The van der Waals surface area contributed by atoms with E-state index in [1.54, 1.807) is 30.0 Å². The van der Waals surface area contributed by atoms with E-state index in [0.29, 0.717) is 35.9 Å². The zero-order valence-electron chi connectivity index (χ0n) is 18.9. The van der Waals surface area contributed by atoms with E-state index in [9.17, 15) is 19.2 Å². The summed E-state index contributed by atoms with van der Waals surface area (Å²) in [5.41, 5.74) is 1.63. The lowest BCUT2D eigenvalue weighted by Gasteiger charge is -2.31. The van der Waals surface area contributed by atoms with Crippen molar-refractivity contribution in [3.8, 4) is 5.69 Å². The number of amides is 3. The molecule has 3 amide bonds. The van der Waals surface area contributed by atoms with Gasteiger partial charge in [-0.15, -0.1) is 6.58 Å². The highest BCUT2D eigenvalue weighted by Gasteiger charge is 2.28. The fourth-order valence-corrected chi connectivity index (χ4v) is 3.59. The third-order valence-electron chi connectivity index (χ3n) is 5.42. The maximum absolute atomic E-state index is 13.4. The van der Waals surface area contributed by atoms with E-state index >= 15 is 0 Å². The Hall–Kier alpha value is -3.95. The number of anilines is 1. The van der Waals surface area contributed by atoms with Crippen LogP contribution in [0, 0.1) is 0 Å². The minimum Gasteiger partial charge on any atom is -0.449 e. The number of carbonyl (C=O) groups is 3. The second-order valence-corrected chi connectivity index (χ2v) is 7.61. The van der Waals surface area contributed by atoms with Crippen molar-refractivity contribution in [2.75, 3.05) is 25.5 Å². The molecule has 0 saturated carbocycles. The molecule has 1 aliphatic heterocycles. The molecule has 1 aromatic heterocycles. The quantitative estimate of drug-likeness (QED) is 0.504. The van der Waals surface area contributed by atoms with Gasteiger partial charge in [0.2, 0.25) is 12.4 Å². The summed E-state index contributed by atoms with van der Waals surface area (Å²) in [5, 5.41) is 3.07. The first-order valence-corrected chi connectivity index (χ1v) is 10.6. The largest absolute Gasteiger partial charge is 0.449 e. The van der Waals surface area contributed by atoms with Gasteiger partial charge in [0, 0.05) is 30.8 Å². The van der Waals surface area contributed by atoms with Gasteiger partial charge in [-0.2, -0.15) is 0 Å². The van der Waals surface area contributed by atoms with E-state index in [4.69, 9.17) is 4.74 Å². The van der Waals surface area contributed by atoms with E-state index in [0.717, 1.165) is 11.3 Å². The lowest BCUT2D eigenvalue weighted by Crippen LogP contribution is -2.42. The van der Waals surface area contributed by atoms with Crippen LogP contribution in [0.2, 0.25) is 0 Å². The predicted octanol–water partition coefficient (Wildman–Crippen LogP) is 1.96. The van der Waals surface area contributed by atoms with Gasteiger partial charge < -0.3 is 15.0 Å². The number of rotatable bonds is 7. The highest BCUT2D eigenvalue weighted by molar-refractivity contribution is 6.02. The van der Waals surface area contributed by atoms with E-state index < -0.39 is 12.0 Å². The number of nitrogens with one attached hydrogen (secondary N) is 1. The number of benzene rings is 1. The molecule has 0 aliphatic carbocycles. The van der Waals surface area contributed by atoms with Crippen LogP contribution in [0.15, 0.2) is 41.7 Å². The summed E-state index contributed by atoms with van der Waals surface area (Å²) in [4.78, 5) is 56.3. The van der Waals surface area contributed by atoms with Crippen molar-refractivity contribution in [2.24, 2.45) is 0 Å². The predicted molar refractivity (Wildman–Crippen MR) is 122 cm³/mol. The van der Waals surface area contributed by atoms with Gasteiger partial charge in [-0.1, -0.05) is 6.08 Å². The number of aromatic nitrogens is 2. The van der Waals surface area contributed by atoms with Gasteiger partial charge in [-0.05, 0) is 44.5 Å². The standard InChI is InChI=1S/C23H27N5O5/c1-5-11-24-22-25-19-13-27(14-29)15(3)12-18(19)21(31)28(22)17-9-7-16(8-10-17)20(30)26(4)23(32)33-6-2/h5,7-10,14-15H,1,6,11-13H2,2-4H3,(H,24,25)/t15-/m1/s1. The van der Waals surface area contributed by atoms with Crippen LogP contribution in [-0.2, 0) is 22.5 Å². The molecular formula is C23H27N5O5. The molecule has 1 atom stereocenters. The Morgan fingerprint density at radius 1 is 1.33 bits per heavy atom. The van der Waals surface area contributed by atoms with Gasteiger partial charge in [0.1, 0.15) is 0 Å². The summed E-state index contributed by atoms with van der Waals surface area (Å²) in [5.74, 6) is -0.217. The molecule has 1 N–H and O–H groups in total. The zero-order chi connectivity index (χ0) is 24.1. The molecule has 1 aromatic carbocycles. The highest BCUT2D eigenvalue weighted by atomic mass is 16.6. The minimum absolute atomic E-state index is 0.122. The Balaban J connectivity index is 2.01. The third kappa shape index (κ3) is 4.79. The molecule has 174 valence electrons. The van der Waals surface area contributed by atoms with Crippen molar-refractivity contribution < 1.29 is 19.1 Å². The zero-order valence-corrected chi connectivity index (χ0v) is 18.9. The molecule has 3 rings (SSSR count). The number of fused-ring (bicyclic) bond motifs is 1. The summed E-state index contributed by atoms with van der Waals surface area (Å²) < 4.78 is 6.30. The molecular weight excluding hydrogens is 426 g/mol. The lowest BCUT2D eigenvalue weighted by atomic mass is 10.0. The topological polar surface area (TPSA) is 114 Å². The molecule has 10 heteroatoms. The number of hydrogen-bond donors (Lipinski definition) is 1. The number of nitrogens with zero attached hydrogens (tertiary/aromatic N) is 4. The van der Waals surface area contributed by atoms with Crippen molar-refractivity contribution >= 4 is 24.4 Å². The monoisotopic (exact) mass is 453 g/mol. The van der Waals surface area contributed by atoms with Gasteiger partial charge in [0.15, 0.2) is 0 Å². The van der Waals surface area contributed by atoms with Crippen LogP contribution in [0.1, 0.15) is 35.5 Å². The highest BCUT2D eigenvalue weighted by Crippen LogP contribution is 2.22. The molecule has 0 spiro atoms. The molecule has 0 radical (unpaired) electrons. The van der Waals surface area contributed by atoms with Crippen molar-refractivity contribution in [1.82, 2.24) is 19.4 Å². The number of carbonyl (C=O) groups excluding carboxylic acids is 3. The van der Waals surface area contributed by atoms with Gasteiger partial charge >= 0.3 is 6.09 Å². The van der Waals surface area contributed by atoms with Gasteiger partial charge in [0.05, 0.1) is 24.5 Å².